The molecular weight excluding hydrogens is 495 g/mol. The molecule has 0 spiro atoms. The highest BCUT2D eigenvalue weighted by Gasteiger charge is 2.27. The Morgan fingerprint density at radius 1 is 1.22 bits per heavy atom. The smallest absolute Gasteiger partial charge is 0.262 e. The topological polar surface area (TPSA) is 109 Å². The molecule has 10 heteroatoms. The second-order valence-electron chi connectivity index (χ2n) is 9.22. The Hall–Kier alpha value is -3.29. The zero-order valence-corrected chi connectivity index (χ0v) is 21.5. The number of carbonyl (C=O) groups excluding carboxylic acids is 1. The largest absolute Gasteiger partial charge is 0.379 e. The van der Waals surface area contributed by atoms with Crippen LogP contribution >= 0.6 is 11.6 Å². The van der Waals surface area contributed by atoms with Crippen molar-refractivity contribution >= 4 is 40.8 Å². The molecule has 2 aromatic carbocycles. The first-order valence-electron chi connectivity index (χ1n) is 12.3. The van der Waals surface area contributed by atoms with Gasteiger partial charge in [-0.3, -0.25) is 15.0 Å². The summed E-state index contributed by atoms with van der Waals surface area (Å²) in [5.74, 6) is -0.997. The number of allylic oxidation sites excluding steroid dienone is 1. The Balaban J connectivity index is 1.42. The molecule has 2 aromatic rings. The van der Waals surface area contributed by atoms with Crippen molar-refractivity contribution in [2.75, 3.05) is 49.6 Å². The van der Waals surface area contributed by atoms with E-state index in [1.165, 1.54) is 12.1 Å². The van der Waals surface area contributed by atoms with Crippen molar-refractivity contribution in [2.24, 2.45) is 0 Å². The van der Waals surface area contributed by atoms with Crippen molar-refractivity contribution in [3.8, 4) is 6.07 Å². The van der Waals surface area contributed by atoms with Crippen molar-refractivity contribution in [1.82, 2.24) is 4.90 Å². The van der Waals surface area contributed by atoms with Gasteiger partial charge in [0.1, 0.15) is 28.8 Å². The number of benzene rings is 2. The Labute approximate surface area is 221 Å². The maximum Gasteiger partial charge on any atom is 0.262 e. The third kappa shape index (κ3) is 6.53. The van der Waals surface area contributed by atoms with E-state index in [1.807, 2.05) is 6.07 Å². The van der Waals surface area contributed by atoms with Gasteiger partial charge in [-0.2, -0.15) is 5.26 Å². The average molecular weight is 526 g/mol. The normalized spacial score (nSPS) is 17.6. The molecule has 8 nitrogen and oxygen atoms in total. The number of nitrogens with zero attached hydrogens (tertiary/aromatic N) is 3. The molecule has 0 radical (unpaired) electrons. The molecule has 2 fully saturated rings. The Bertz CT molecular complexity index is 1230. The third-order valence-electron chi connectivity index (χ3n) is 6.88. The summed E-state index contributed by atoms with van der Waals surface area (Å²) in [6.45, 7) is 6.96. The lowest BCUT2D eigenvalue weighted by molar-refractivity contribution is -0.517. The number of morpholine rings is 1. The van der Waals surface area contributed by atoms with Gasteiger partial charge in [0.05, 0.1) is 29.5 Å². The van der Waals surface area contributed by atoms with E-state index in [0.717, 1.165) is 64.1 Å². The number of nitrogens with two attached hydrogens (primary N) is 1. The maximum absolute atomic E-state index is 13.4. The van der Waals surface area contributed by atoms with Gasteiger partial charge in [-0.25, -0.2) is 4.39 Å². The maximum atomic E-state index is 13.4. The van der Waals surface area contributed by atoms with E-state index < -0.39 is 11.7 Å². The Morgan fingerprint density at radius 2 is 1.95 bits per heavy atom. The van der Waals surface area contributed by atoms with Crippen LogP contribution in [0.2, 0.25) is 5.02 Å². The first kappa shape index (κ1) is 26.8. The second kappa shape index (κ2) is 12.3. The van der Waals surface area contributed by atoms with Crippen molar-refractivity contribution < 1.29 is 19.2 Å². The van der Waals surface area contributed by atoms with E-state index >= 15 is 0 Å². The fraction of sp³-hybridized carbons (Fsp3) is 0.370. The number of halogens is 2. The molecule has 0 aliphatic carbocycles. The first-order chi connectivity index (χ1) is 17.9. The van der Waals surface area contributed by atoms with Crippen LogP contribution in [0.15, 0.2) is 47.7 Å². The van der Waals surface area contributed by atoms with Gasteiger partial charge in [-0.15, -0.1) is 0 Å². The molecule has 2 aliphatic rings. The lowest BCUT2D eigenvalue weighted by Gasteiger charge is -2.41. The predicted octanol–water partition coefficient (Wildman–Crippen LogP) is 3.41. The lowest BCUT2D eigenvalue weighted by Crippen LogP contribution is -2.75. The summed E-state index contributed by atoms with van der Waals surface area (Å²) in [7, 11) is 0. The third-order valence-corrected chi connectivity index (χ3v) is 7.17. The molecule has 4 rings (SSSR count). The van der Waals surface area contributed by atoms with Gasteiger partial charge in [0, 0.05) is 63.2 Å². The van der Waals surface area contributed by atoms with Crippen LogP contribution in [0.25, 0.3) is 0 Å². The van der Waals surface area contributed by atoms with Crippen LogP contribution in [0, 0.1) is 22.6 Å². The molecule has 0 atom stereocenters. The van der Waals surface area contributed by atoms with E-state index in [4.69, 9.17) is 21.7 Å². The van der Waals surface area contributed by atoms with Gasteiger partial charge >= 0.3 is 0 Å². The van der Waals surface area contributed by atoms with Crippen LogP contribution in [0.3, 0.4) is 0 Å². The Kier molecular flexibility index (Phi) is 8.90. The molecule has 0 saturated carbocycles. The van der Waals surface area contributed by atoms with Crippen molar-refractivity contribution in [2.45, 2.75) is 25.8 Å². The number of hydrogen-bond donors (Lipinski definition) is 3. The van der Waals surface area contributed by atoms with Crippen molar-refractivity contribution in [3.05, 3.63) is 64.1 Å². The standard InChI is InChI=1S/C27H30ClFN6O2/c1-18(32-21-2-4-25(29)24(28)15-21)23(17-31)27(36)33-20-3-5-26(19(14-20)16-30)35-8-6-22(7-9-35)34-10-12-37-13-11-34/h2-5,14-15,17,22,31-32H,6-13H2,1H3,(H,33,36)/p+1/b23-18+,31-17?. The van der Waals surface area contributed by atoms with Gasteiger partial charge in [-0.1, -0.05) is 11.6 Å². The van der Waals surface area contributed by atoms with Crippen LogP contribution in [0.4, 0.5) is 21.5 Å². The summed E-state index contributed by atoms with van der Waals surface area (Å²) in [5.41, 5.74) is 3.12. The molecule has 0 unspecified atom stereocenters. The van der Waals surface area contributed by atoms with Crippen molar-refractivity contribution in [3.63, 3.8) is 0 Å². The summed E-state index contributed by atoms with van der Waals surface area (Å²) in [4.78, 5) is 17.7. The number of nitrogens with one attached hydrogen (secondary N) is 2. The number of amides is 1. The van der Waals surface area contributed by atoms with Gasteiger partial charge in [0.15, 0.2) is 0 Å². The van der Waals surface area contributed by atoms with E-state index in [1.54, 1.807) is 30.4 Å². The average Bonchev–Trinajstić information content (AvgIpc) is 2.91. The molecule has 37 heavy (non-hydrogen) atoms. The van der Waals surface area contributed by atoms with Gasteiger partial charge in [-0.05, 0) is 37.1 Å². The summed E-state index contributed by atoms with van der Waals surface area (Å²) >= 11 is 5.85. The predicted molar refractivity (Wildman–Crippen MR) is 142 cm³/mol. The minimum atomic E-state index is -0.524. The minimum Gasteiger partial charge on any atom is -0.379 e. The molecule has 2 saturated heterocycles. The van der Waals surface area contributed by atoms with Gasteiger partial charge < -0.3 is 20.4 Å². The number of quaternary nitrogens is 1. The van der Waals surface area contributed by atoms with Crippen LogP contribution in [0.1, 0.15) is 25.3 Å². The van der Waals surface area contributed by atoms with Crippen LogP contribution in [0.5, 0.6) is 0 Å². The first-order valence-corrected chi connectivity index (χ1v) is 12.7. The number of ether oxygens (including phenoxy) is 1. The number of anilines is 2. The van der Waals surface area contributed by atoms with Crippen LogP contribution in [-0.4, -0.2) is 62.5 Å². The van der Waals surface area contributed by atoms with E-state index in [9.17, 15) is 14.4 Å². The molecular formula is C27H31ClFN6O2+. The number of piperidine rings is 1. The minimum absolute atomic E-state index is 0.0168. The second-order valence-corrected chi connectivity index (χ2v) is 9.63. The van der Waals surface area contributed by atoms with Crippen molar-refractivity contribution in [1.29, 1.82) is 10.7 Å². The monoisotopic (exact) mass is 525 g/mol. The number of rotatable bonds is 7. The van der Waals surface area contributed by atoms with Gasteiger partial charge in [0.2, 0.25) is 0 Å². The molecule has 0 aromatic heterocycles. The molecule has 2 aliphatic heterocycles. The number of carbonyl (C=O) groups is 1. The van der Waals surface area contributed by atoms with E-state index in [0.29, 0.717) is 28.7 Å². The van der Waals surface area contributed by atoms with Gasteiger partial charge in [0.25, 0.3) is 5.91 Å². The summed E-state index contributed by atoms with van der Waals surface area (Å²) in [6.07, 6.45) is 3.04. The number of nitriles is 1. The molecule has 0 bridgehead atoms. The molecule has 2 heterocycles. The molecule has 4 N–H and O–H groups in total. The highest BCUT2D eigenvalue weighted by molar-refractivity contribution is 6.30. The highest BCUT2D eigenvalue weighted by atomic mass is 35.5. The Morgan fingerprint density at radius 3 is 2.59 bits per heavy atom. The lowest BCUT2D eigenvalue weighted by atomic mass is 10.0. The fourth-order valence-corrected chi connectivity index (χ4v) is 5.07. The van der Waals surface area contributed by atoms with E-state index in [-0.39, 0.29) is 10.6 Å². The zero-order valence-electron chi connectivity index (χ0n) is 20.8. The zero-order chi connectivity index (χ0) is 26.4. The quantitative estimate of drug-likeness (QED) is 0.291. The summed E-state index contributed by atoms with van der Waals surface area (Å²) in [5, 5.41) is 22.0. The van der Waals surface area contributed by atoms with Crippen LogP contribution in [-0.2, 0) is 9.53 Å². The van der Waals surface area contributed by atoms with E-state index in [2.05, 4.69) is 21.2 Å². The summed E-state index contributed by atoms with van der Waals surface area (Å²) in [6, 6.07) is 12.4. The highest BCUT2D eigenvalue weighted by Crippen LogP contribution is 2.28. The SMILES string of the molecule is C/C([NH2+]c1ccc(F)c(Cl)c1)=C(/C=N)C(=O)Nc1ccc(N2CCC(N3CCOCC3)CC2)c(C#N)c1. The molecule has 194 valence electrons. The fourth-order valence-electron chi connectivity index (χ4n) is 4.88. The number of hydrogen-bond acceptors (Lipinski definition) is 6. The molecule has 1 amide bonds. The van der Waals surface area contributed by atoms with Crippen LogP contribution < -0.4 is 15.5 Å². The summed E-state index contributed by atoms with van der Waals surface area (Å²) < 4.78 is 18.9.